The van der Waals surface area contributed by atoms with E-state index in [4.69, 9.17) is 23.7 Å². The summed E-state index contributed by atoms with van der Waals surface area (Å²) >= 11 is 0. The molecule has 3 aliphatic rings. The molecule has 0 radical (unpaired) electrons. The van der Waals surface area contributed by atoms with Gasteiger partial charge in [-0.3, -0.25) is 0 Å². The first-order valence-electron chi connectivity index (χ1n) is 14.5. The van der Waals surface area contributed by atoms with Crippen molar-refractivity contribution in [3.8, 4) is 57.5 Å². The van der Waals surface area contributed by atoms with Crippen molar-refractivity contribution in [2.75, 3.05) is 11.9 Å². The van der Waals surface area contributed by atoms with Crippen LogP contribution >= 0.6 is 0 Å². The van der Waals surface area contributed by atoms with Gasteiger partial charge >= 0.3 is 0 Å². The highest BCUT2D eigenvalue weighted by molar-refractivity contribution is 6.98. The fourth-order valence-electron chi connectivity index (χ4n) is 6.29. The smallest absolute Gasteiger partial charge is 0.260 e. The molecule has 6 aromatic carbocycles. The van der Waals surface area contributed by atoms with Crippen LogP contribution in [0.3, 0.4) is 0 Å². The van der Waals surface area contributed by atoms with E-state index in [2.05, 4.69) is 17.0 Å². The van der Waals surface area contributed by atoms with Crippen LogP contribution in [0.4, 0.5) is 11.4 Å². The average molecular weight is 573 g/mol. The Balaban J connectivity index is 1.05. The van der Waals surface area contributed by atoms with Gasteiger partial charge in [0.25, 0.3) is 6.71 Å². The van der Waals surface area contributed by atoms with Gasteiger partial charge in [-0.2, -0.15) is 0 Å². The van der Waals surface area contributed by atoms with Gasteiger partial charge < -0.3 is 28.6 Å². The van der Waals surface area contributed by atoms with Gasteiger partial charge in [-0.25, -0.2) is 0 Å². The molecule has 0 fully saturated rings. The minimum atomic E-state index is 0.0109. The molecule has 0 atom stereocenters. The maximum Gasteiger partial charge on any atom is 0.260 e. The van der Waals surface area contributed by atoms with E-state index in [1.54, 1.807) is 0 Å². The standard InChI is InChI=1S/C37H24BNO5/c1-39-27-12-4-7-15-31(27)44-34-20-23(18-19-28(34)39)40-32-16-8-9-17-33(32)41-24-21-35-37-36(22-24)43-30-14-6-3-11-26(30)38(37)25-10-2-5-13-29(25)42-35/h2-22H,1H3. The maximum absolute atomic E-state index is 6.48. The molecule has 0 aromatic heterocycles. The van der Waals surface area contributed by atoms with Crippen LogP contribution in [-0.4, -0.2) is 13.8 Å². The van der Waals surface area contributed by atoms with E-state index < -0.39 is 0 Å². The summed E-state index contributed by atoms with van der Waals surface area (Å²) in [5.41, 5.74) is 5.22. The summed E-state index contributed by atoms with van der Waals surface area (Å²) in [6.45, 7) is 0.0109. The predicted octanol–water partition coefficient (Wildman–Crippen LogP) is 7.87. The van der Waals surface area contributed by atoms with Gasteiger partial charge in [0.1, 0.15) is 34.5 Å². The number of nitrogens with zero attached hydrogens (tertiary/aromatic N) is 1. The largest absolute Gasteiger partial charge is 0.458 e. The molecule has 0 N–H and O–H groups in total. The van der Waals surface area contributed by atoms with Gasteiger partial charge in [-0.15, -0.1) is 0 Å². The Morgan fingerprint density at radius 1 is 0.477 bits per heavy atom. The van der Waals surface area contributed by atoms with Gasteiger partial charge in [-0.1, -0.05) is 60.7 Å². The second-order valence-electron chi connectivity index (χ2n) is 11.0. The Kier molecular flexibility index (Phi) is 5.41. The molecule has 0 amide bonds. The zero-order valence-electron chi connectivity index (χ0n) is 23.7. The Hall–Kier alpha value is -5.82. The third-order valence-corrected chi connectivity index (χ3v) is 8.31. The number of benzene rings is 6. The quantitative estimate of drug-likeness (QED) is 0.200. The van der Waals surface area contributed by atoms with Gasteiger partial charge in [-0.05, 0) is 59.5 Å². The summed E-state index contributed by atoms with van der Waals surface area (Å²) in [5.74, 6) is 6.96. The van der Waals surface area contributed by atoms with Crippen molar-refractivity contribution in [3.63, 3.8) is 0 Å². The van der Waals surface area contributed by atoms with Gasteiger partial charge in [0.2, 0.25) is 0 Å². The van der Waals surface area contributed by atoms with Crippen LogP contribution in [0.5, 0.6) is 57.5 Å². The van der Waals surface area contributed by atoms with E-state index in [0.717, 1.165) is 50.8 Å². The number of fused-ring (bicyclic) bond motifs is 6. The van der Waals surface area contributed by atoms with Crippen LogP contribution in [0.2, 0.25) is 0 Å². The lowest BCUT2D eigenvalue weighted by atomic mass is 9.35. The van der Waals surface area contributed by atoms with Gasteiger partial charge in [0.15, 0.2) is 23.0 Å². The zero-order chi connectivity index (χ0) is 29.2. The number of para-hydroxylation sites is 6. The van der Waals surface area contributed by atoms with Crippen LogP contribution < -0.4 is 45.0 Å². The van der Waals surface area contributed by atoms with E-state index in [0.29, 0.717) is 34.5 Å². The molecular formula is C37H24BNO5. The Labute approximate surface area is 254 Å². The second kappa shape index (κ2) is 9.61. The van der Waals surface area contributed by atoms with Crippen molar-refractivity contribution >= 4 is 34.5 Å². The first kappa shape index (κ1) is 24.8. The SMILES string of the molecule is CN1c2ccccc2Oc2cc(Oc3ccccc3Oc3cc4c5c(c3)Oc3ccccc3B5c3ccccc3O4)ccc21. The van der Waals surface area contributed by atoms with Crippen LogP contribution in [0.1, 0.15) is 0 Å². The van der Waals surface area contributed by atoms with E-state index in [9.17, 15) is 0 Å². The van der Waals surface area contributed by atoms with Crippen molar-refractivity contribution < 1.29 is 23.7 Å². The third kappa shape index (κ3) is 3.90. The summed E-state index contributed by atoms with van der Waals surface area (Å²) in [7, 11) is 2.03. The lowest BCUT2D eigenvalue weighted by Gasteiger charge is -2.33. The van der Waals surface area contributed by atoms with Crippen molar-refractivity contribution in [3.05, 3.63) is 127 Å². The van der Waals surface area contributed by atoms with Crippen molar-refractivity contribution in [1.82, 2.24) is 0 Å². The van der Waals surface area contributed by atoms with Crippen molar-refractivity contribution in [2.45, 2.75) is 0 Å². The average Bonchev–Trinajstić information content (AvgIpc) is 3.05. The molecule has 0 unspecified atom stereocenters. The highest BCUT2D eigenvalue weighted by Gasteiger charge is 2.40. The molecule has 3 heterocycles. The van der Waals surface area contributed by atoms with Gasteiger partial charge in [0.05, 0.1) is 11.4 Å². The maximum atomic E-state index is 6.48. The number of anilines is 2. The predicted molar refractivity (Wildman–Crippen MR) is 172 cm³/mol. The minimum absolute atomic E-state index is 0.0109. The summed E-state index contributed by atoms with van der Waals surface area (Å²) in [4.78, 5) is 2.11. The van der Waals surface area contributed by atoms with Gasteiger partial charge in [0, 0.05) is 30.7 Å². The minimum Gasteiger partial charge on any atom is -0.458 e. The number of hydrogen-bond donors (Lipinski definition) is 0. The van der Waals surface area contributed by atoms with Crippen molar-refractivity contribution in [2.24, 2.45) is 0 Å². The molecule has 0 aliphatic carbocycles. The molecule has 7 heteroatoms. The molecule has 6 aromatic rings. The van der Waals surface area contributed by atoms with E-state index in [1.807, 2.05) is 122 Å². The fourth-order valence-corrected chi connectivity index (χ4v) is 6.29. The lowest BCUT2D eigenvalue weighted by Crippen LogP contribution is -2.57. The van der Waals surface area contributed by atoms with E-state index in [1.165, 1.54) is 0 Å². The molecule has 0 spiro atoms. The second-order valence-corrected chi connectivity index (χ2v) is 11.0. The van der Waals surface area contributed by atoms with E-state index in [-0.39, 0.29) is 6.71 Å². The fraction of sp³-hybridized carbons (Fsp3) is 0.0270. The molecule has 210 valence electrons. The number of rotatable bonds is 4. The Morgan fingerprint density at radius 2 is 0.977 bits per heavy atom. The zero-order valence-corrected chi connectivity index (χ0v) is 23.7. The molecule has 9 rings (SSSR count). The van der Waals surface area contributed by atoms with Crippen LogP contribution in [0.15, 0.2) is 127 Å². The van der Waals surface area contributed by atoms with E-state index >= 15 is 0 Å². The highest BCUT2D eigenvalue weighted by Crippen LogP contribution is 2.48. The van der Waals surface area contributed by atoms with Crippen LogP contribution in [0.25, 0.3) is 0 Å². The van der Waals surface area contributed by atoms with Crippen LogP contribution in [0, 0.1) is 0 Å². The summed E-state index contributed by atoms with van der Waals surface area (Å²) < 4.78 is 31.9. The summed E-state index contributed by atoms with van der Waals surface area (Å²) in [6, 6.07) is 41.6. The molecule has 0 bridgehead atoms. The highest BCUT2D eigenvalue weighted by atomic mass is 16.5. The molecule has 3 aliphatic heterocycles. The van der Waals surface area contributed by atoms with Crippen LogP contribution in [-0.2, 0) is 0 Å². The topological polar surface area (TPSA) is 49.4 Å². The number of hydrogen-bond acceptors (Lipinski definition) is 6. The molecular weight excluding hydrogens is 549 g/mol. The molecule has 6 nitrogen and oxygen atoms in total. The monoisotopic (exact) mass is 573 g/mol. The Bertz CT molecular complexity index is 2040. The molecule has 0 saturated carbocycles. The summed E-state index contributed by atoms with van der Waals surface area (Å²) in [5, 5.41) is 0. The third-order valence-electron chi connectivity index (χ3n) is 8.31. The first-order chi connectivity index (χ1) is 21.7. The molecule has 44 heavy (non-hydrogen) atoms. The normalized spacial score (nSPS) is 13.1. The summed E-state index contributed by atoms with van der Waals surface area (Å²) in [6.07, 6.45) is 0. The Morgan fingerprint density at radius 3 is 1.66 bits per heavy atom. The molecule has 0 saturated heterocycles. The first-order valence-corrected chi connectivity index (χ1v) is 14.5. The van der Waals surface area contributed by atoms with Crippen molar-refractivity contribution in [1.29, 1.82) is 0 Å². The lowest BCUT2D eigenvalue weighted by molar-refractivity contribution is 0.408. The number of ether oxygens (including phenoxy) is 5.